The van der Waals surface area contributed by atoms with Crippen LogP contribution >= 0.6 is 11.3 Å². The summed E-state index contributed by atoms with van der Waals surface area (Å²) in [7, 11) is 0. The summed E-state index contributed by atoms with van der Waals surface area (Å²) in [6, 6.07) is 7.66. The van der Waals surface area contributed by atoms with Crippen molar-refractivity contribution >= 4 is 34.8 Å². The summed E-state index contributed by atoms with van der Waals surface area (Å²) in [5.41, 5.74) is -0.690. The number of ether oxygens (including phenoxy) is 1. The number of carbonyl (C=O) groups is 1. The number of phenolic OH excluding ortho intramolecular Hbond substituents is 1. The lowest BCUT2D eigenvalue weighted by molar-refractivity contribution is 0.103. The van der Waals surface area contributed by atoms with Gasteiger partial charge in [0.2, 0.25) is 11.8 Å². The molecule has 0 aliphatic rings. The Morgan fingerprint density at radius 1 is 1.19 bits per heavy atom. The standard InChI is InChI=1S/C20H15N5O6S/c26-12-3-1-4-14(16(12)21-7-10-13(27)9-22-17(10)28)31-19-11(8-23-20(30)25-19)24-18(29)15-5-2-6-32-15/h1-9,22,26-28H,(H,24,29)(H,23,25,30). The number of nitrogens with one attached hydrogen (secondary N) is 3. The highest BCUT2D eigenvalue weighted by Gasteiger charge is 2.16. The Bertz CT molecular complexity index is 1340. The van der Waals surface area contributed by atoms with E-state index in [2.05, 4.69) is 25.3 Å². The minimum absolute atomic E-state index is 0.000390. The van der Waals surface area contributed by atoms with E-state index < -0.39 is 11.6 Å². The van der Waals surface area contributed by atoms with Gasteiger partial charge >= 0.3 is 5.69 Å². The van der Waals surface area contributed by atoms with Crippen molar-refractivity contribution < 1.29 is 24.9 Å². The van der Waals surface area contributed by atoms with Crippen LogP contribution in [-0.2, 0) is 0 Å². The maximum absolute atomic E-state index is 12.4. The van der Waals surface area contributed by atoms with Gasteiger partial charge in [-0.3, -0.25) is 9.78 Å². The molecule has 0 fully saturated rings. The molecule has 1 aromatic carbocycles. The number of thiophene rings is 1. The molecule has 4 rings (SSSR count). The number of hydrogen-bond acceptors (Lipinski definition) is 9. The second-order valence-electron chi connectivity index (χ2n) is 6.28. The lowest BCUT2D eigenvalue weighted by Crippen LogP contribution is -2.16. The monoisotopic (exact) mass is 453 g/mol. The fourth-order valence-electron chi connectivity index (χ4n) is 2.64. The fourth-order valence-corrected chi connectivity index (χ4v) is 3.26. The van der Waals surface area contributed by atoms with Crippen molar-refractivity contribution in [3.05, 3.63) is 69.0 Å². The maximum Gasteiger partial charge on any atom is 0.347 e. The van der Waals surface area contributed by atoms with Gasteiger partial charge in [-0.15, -0.1) is 11.3 Å². The van der Waals surface area contributed by atoms with Crippen LogP contribution in [0.25, 0.3) is 0 Å². The summed E-state index contributed by atoms with van der Waals surface area (Å²) in [6.45, 7) is 0. The molecule has 0 aliphatic carbocycles. The summed E-state index contributed by atoms with van der Waals surface area (Å²) in [5, 5.41) is 34.1. The Balaban J connectivity index is 1.68. The first-order valence-corrected chi connectivity index (χ1v) is 9.87. The molecule has 0 atom stereocenters. The van der Waals surface area contributed by atoms with Crippen LogP contribution < -0.4 is 15.7 Å². The third-order valence-corrected chi connectivity index (χ3v) is 5.03. The Morgan fingerprint density at radius 2 is 2.03 bits per heavy atom. The zero-order chi connectivity index (χ0) is 22.7. The van der Waals surface area contributed by atoms with Crippen LogP contribution in [0.1, 0.15) is 15.2 Å². The molecule has 0 radical (unpaired) electrons. The zero-order valence-corrected chi connectivity index (χ0v) is 16.9. The van der Waals surface area contributed by atoms with Crippen LogP contribution in [-0.4, -0.2) is 42.4 Å². The van der Waals surface area contributed by atoms with Gasteiger partial charge < -0.3 is 30.4 Å². The molecule has 6 N–H and O–H groups in total. The van der Waals surface area contributed by atoms with E-state index in [1.54, 1.807) is 17.5 Å². The zero-order valence-electron chi connectivity index (χ0n) is 16.1. The van der Waals surface area contributed by atoms with Crippen molar-refractivity contribution in [2.45, 2.75) is 0 Å². The molecule has 0 bridgehead atoms. The first kappa shape index (κ1) is 20.7. The van der Waals surface area contributed by atoms with Crippen molar-refractivity contribution in [2.24, 2.45) is 4.99 Å². The van der Waals surface area contributed by atoms with E-state index >= 15 is 0 Å². The van der Waals surface area contributed by atoms with Crippen LogP contribution in [0.2, 0.25) is 0 Å². The van der Waals surface area contributed by atoms with Crippen molar-refractivity contribution in [2.75, 3.05) is 5.32 Å². The molecule has 11 nitrogen and oxygen atoms in total. The number of nitrogens with zero attached hydrogens (tertiary/aromatic N) is 2. The summed E-state index contributed by atoms with van der Waals surface area (Å²) < 4.78 is 5.74. The van der Waals surface area contributed by atoms with Gasteiger partial charge in [0, 0.05) is 12.4 Å². The fraction of sp³-hybridized carbons (Fsp3) is 0. The average Bonchev–Trinajstić information content (AvgIpc) is 3.41. The summed E-state index contributed by atoms with van der Waals surface area (Å²) in [5.74, 6) is -1.38. The Hall–Kier alpha value is -4.58. The van der Waals surface area contributed by atoms with E-state index in [1.807, 2.05) is 0 Å². The van der Waals surface area contributed by atoms with Crippen molar-refractivity contribution in [3.8, 4) is 29.0 Å². The highest BCUT2D eigenvalue weighted by atomic mass is 32.1. The first-order valence-electron chi connectivity index (χ1n) is 8.99. The number of phenols is 1. The molecule has 1 amide bonds. The van der Waals surface area contributed by atoms with Crippen LogP contribution in [0.15, 0.2) is 57.9 Å². The van der Waals surface area contributed by atoms with E-state index in [1.165, 1.54) is 35.7 Å². The molecule has 4 aromatic rings. The number of H-pyrrole nitrogens is 2. The molecule has 12 heteroatoms. The molecule has 162 valence electrons. The van der Waals surface area contributed by atoms with E-state index in [0.29, 0.717) is 4.88 Å². The third-order valence-electron chi connectivity index (χ3n) is 4.16. The van der Waals surface area contributed by atoms with Crippen molar-refractivity contribution in [3.63, 3.8) is 0 Å². The third kappa shape index (κ3) is 4.29. The van der Waals surface area contributed by atoms with Gasteiger partial charge in [0.15, 0.2) is 5.75 Å². The number of aromatic amines is 2. The molecular weight excluding hydrogens is 438 g/mol. The highest BCUT2D eigenvalue weighted by Crippen LogP contribution is 2.40. The average molecular weight is 453 g/mol. The Morgan fingerprint density at radius 3 is 2.75 bits per heavy atom. The number of carbonyl (C=O) groups excluding carboxylic acids is 1. The number of benzene rings is 1. The summed E-state index contributed by atoms with van der Waals surface area (Å²) in [4.78, 5) is 37.1. The number of amides is 1. The van der Waals surface area contributed by atoms with Gasteiger partial charge in [-0.1, -0.05) is 12.1 Å². The molecule has 0 spiro atoms. The quantitative estimate of drug-likeness (QED) is 0.243. The topological polar surface area (TPSA) is 173 Å². The van der Waals surface area contributed by atoms with Crippen molar-refractivity contribution in [1.82, 2.24) is 15.0 Å². The number of rotatable bonds is 6. The normalized spacial score (nSPS) is 11.0. The molecule has 3 heterocycles. The predicted octanol–water partition coefficient (Wildman–Crippen LogP) is 3.07. The van der Waals surface area contributed by atoms with Gasteiger partial charge in [0.05, 0.1) is 16.6 Å². The maximum atomic E-state index is 12.4. The number of anilines is 1. The molecule has 0 unspecified atom stereocenters. The number of aliphatic imine (C=N–C) groups is 1. The van der Waals surface area contributed by atoms with Gasteiger partial charge in [-0.05, 0) is 23.6 Å². The Labute approximate surface area is 183 Å². The molecule has 0 aliphatic heterocycles. The van der Waals surface area contributed by atoms with E-state index in [9.17, 15) is 24.9 Å². The minimum Gasteiger partial charge on any atom is -0.506 e. The van der Waals surface area contributed by atoms with Crippen molar-refractivity contribution in [1.29, 1.82) is 0 Å². The van der Waals surface area contributed by atoms with Gasteiger partial charge in [0.25, 0.3) is 5.91 Å². The molecule has 3 aromatic heterocycles. The lowest BCUT2D eigenvalue weighted by Gasteiger charge is -2.12. The predicted molar refractivity (Wildman–Crippen MR) is 117 cm³/mol. The lowest BCUT2D eigenvalue weighted by atomic mass is 10.2. The molecule has 0 saturated heterocycles. The van der Waals surface area contributed by atoms with Crippen LogP contribution in [0.5, 0.6) is 29.0 Å². The SMILES string of the molecule is O=C(Nc1cnc(=O)[nH]c1Oc1cccc(O)c1N=Cc1c(O)c[nH]c1O)c1cccs1. The summed E-state index contributed by atoms with van der Waals surface area (Å²) in [6.07, 6.45) is 3.43. The minimum atomic E-state index is -0.721. The van der Waals surface area contributed by atoms with Crippen LogP contribution in [0, 0.1) is 0 Å². The van der Waals surface area contributed by atoms with E-state index in [0.717, 1.165) is 12.4 Å². The smallest absolute Gasteiger partial charge is 0.347 e. The first-order chi connectivity index (χ1) is 15.4. The summed E-state index contributed by atoms with van der Waals surface area (Å²) >= 11 is 1.23. The second-order valence-corrected chi connectivity index (χ2v) is 7.23. The van der Waals surface area contributed by atoms with Crippen LogP contribution in [0.4, 0.5) is 11.4 Å². The molecule has 0 saturated carbocycles. The highest BCUT2D eigenvalue weighted by molar-refractivity contribution is 7.12. The van der Waals surface area contributed by atoms with E-state index in [4.69, 9.17) is 4.74 Å². The number of aromatic nitrogens is 3. The number of para-hydroxylation sites is 1. The number of aromatic hydroxyl groups is 3. The van der Waals surface area contributed by atoms with Gasteiger partial charge in [-0.25, -0.2) is 9.79 Å². The van der Waals surface area contributed by atoms with Gasteiger partial charge in [0.1, 0.15) is 22.9 Å². The van der Waals surface area contributed by atoms with E-state index in [-0.39, 0.29) is 45.9 Å². The second kappa shape index (κ2) is 8.65. The Kier molecular flexibility index (Phi) is 5.59. The number of hydrogen-bond donors (Lipinski definition) is 6. The van der Waals surface area contributed by atoms with Gasteiger partial charge in [-0.2, -0.15) is 4.98 Å². The molecular formula is C20H15N5O6S. The van der Waals surface area contributed by atoms with Crippen LogP contribution in [0.3, 0.4) is 0 Å². The molecule has 32 heavy (non-hydrogen) atoms. The largest absolute Gasteiger partial charge is 0.506 e.